The van der Waals surface area contributed by atoms with Crippen molar-refractivity contribution in [2.75, 3.05) is 13.2 Å². The molecule has 2 atom stereocenters. The summed E-state index contributed by atoms with van der Waals surface area (Å²) in [5.74, 6) is 0.400. The lowest BCUT2D eigenvalue weighted by Gasteiger charge is -2.29. The highest BCUT2D eigenvalue weighted by atomic mass is 16.5. The molecule has 2 aliphatic rings. The quantitative estimate of drug-likeness (QED) is 0.766. The normalized spacial score (nSPS) is 29.2. The summed E-state index contributed by atoms with van der Waals surface area (Å²) in [6.45, 7) is 1.63. The summed E-state index contributed by atoms with van der Waals surface area (Å²) in [4.78, 5) is 0. The Bertz CT molecular complexity index is 247. The zero-order chi connectivity index (χ0) is 11.9. The topological polar surface area (TPSA) is 45.0 Å². The van der Waals surface area contributed by atoms with Gasteiger partial charge in [-0.15, -0.1) is 0 Å². The van der Waals surface area contributed by atoms with Crippen molar-refractivity contribution < 1.29 is 4.74 Å². The summed E-state index contributed by atoms with van der Waals surface area (Å²) in [5, 5.41) is 12.9. The molecular formula is C14H24N2O. The van der Waals surface area contributed by atoms with E-state index in [1.54, 1.807) is 0 Å². The maximum atomic E-state index is 9.31. The average molecular weight is 236 g/mol. The fourth-order valence-corrected chi connectivity index (χ4v) is 3.01. The van der Waals surface area contributed by atoms with Crippen LogP contribution in [0.15, 0.2) is 0 Å². The van der Waals surface area contributed by atoms with Gasteiger partial charge in [0, 0.05) is 18.6 Å². The van der Waals surface area contributed by atoms with E-state index in [4.69, 9.17) is 4.74 Å². The predicted octanol–water partition coefficient (Wildman–Crippen LogP) is 2.62. The largest absolute Gasteiger partial charge is 0.381 e. The lowest BCUT2D eigenvalue weighted by molar-refractivity contribution is 0.0449. The minimum Gasteiger partial charge on any atom is -0.381 e. The summed E-state index contributed by atoms with van der Waals surface area (Å²) in [7, 11) is 0. The smallest absolute Gasteiger partial charge is 0.101 e. The van der Waals surface area contributed by atoms with E-state index in [0.717, 1.165) is 26.1 Å². The van der Waals surface area contributed by atoms with Crippen LogP contribution in [0.1, 0.15) is 51.4 Å². The first-order chi connectivity index (χ1) is 8.40. The molecular weight excluding hydrogens is 212 g/mol. The molecule has 1 heterocycles. The molecule has 0 bridgehead atoms. The molecule has 1 aliphatic carbocycles. The van der Waals surface area contributed by atoms with Gasteiger partial charge in [-0.05, 0) is 25.7 Å². The highest BCUT2D eigenvalue weighted by Crippen LogP contribution is 2.21. The summed E-state index contributed by atoms with van der Waals surface area (Å²) < 4.78 is 5.49. The van der Waals surface area contributed by atoms with Crippen molar-refractivity contribution in [1.29, 1.82) is 5.26 Å². The first-order valence-electron chi connectivity index (χ1n) is 7.13. The van der Waals surface area contributed by atoms with E-state index in [0.29, 0.717) is 12.0 Å². The molecule has 1 saturated heterocycles. The van der Waals surface area contributed by atoms with E-state index >= 15 is 0 Å². The number of hydrogen-bond donors (Lipinski definition) is 1. The number of nitriles is 1. The van der Waals surface area contributed by atoms with Crippen LogP contribution in [0, 0.1) is 17.2 Å². The van der Waals surface area contributed by atoms with Crippen molar-refractivity contribution in [2.45, 2.75) is 63.5 Å². The molecule has 2 fully saturated rings. The highest BCUT2D eigenvalue weighted by Gasteiger charge is 2.26. The van der Waals surface area contributed by atoms with Crippen LogP contribution in [0.3, 0.4) is 0 Å². The Kier molecular flexibility index (Phi) is 5.28. The third-order valence-corrected chi connectivity index (χ3v) is 4.08. The third-order valence-electron chi connectivity index (χ3n) is 4.08. The molecule has 1 aliphatic heterocycles. The number of hydrogen-bond acceptors (Lipinski definition) is 3. The molecule has 0 amide bonds. The minimum atomic E-state index is -0.00148. The van der Waals surface area contributed by atoms with Crippen molar-refractivity contribution in [3.05, 3.63) is 0 Å². The number of ether oxygens (including phenoxy) is 1. The Labute approximate surface area is 105 Å². The molecule has 2 rings (SSSR count). The van der Waals surface area contributed by atoms with Gasteiger partial charge >= 0.3 is 0 Å². The van der Waals surface area contributed by atoms with Gasteiger partial charge in [-0.1, -0.05) is 25.7 Å². The fraction of sp³-hybridized carbons (Fsp3) is 0.929. The van der Waals surface area contributed by atoms with Gasteiger partial charge in [0.2, 0.25) is 0 Å². The zero-order valence-corrected chi connectivity index (χ0v) is 10.7. The van der Waals surface area contributed by atoms with E-state index in [2.05, 4.69) is 11.4 Å². The van der Waals surface area contributed by atoms with E-state index in [1.165, 1.54) is 38.5 Å². The number of nitrogens with zero attached hydrogens (tertiary/aromatic N) is 1. The maximum absolute atomic E-state index is 9.31. The summed E-state index contributed by atoms with van der Waals surface area (Å²) in [6.07, 6.45) is 10.1. The molecule has 0 spiro atoms. The van der Waals surface area contributed by atoms with Gasteiger partial charge in [0.05, 0.1) is 12.7 Å². The van der Waals surface area contributed by atoms with Crippen molar-refractivity contribution in [3.63, 3.8) is 0 Å². The average Bonchev–Trinajstić information content (AvgIpc) is 2.65. The van der Waals surface area contributed by atoms with Crippen LogP contribution in [0.25, 0.3) is 0 Å². The second-order valence-corrected chi connectivity index (χ2v) is 5.44. The molecule has 0 aromatic carbocycles. The molecule has 3 heteroatoms. The fourth-order valence-electron chi connectivity index (χ4n) is 3.01. The Morgan fingerprint density at radius 2 is 1.82 bits per heavy atom. The van der Waals surface area contributed by atoms with Gasteiger partial charge in [0.15, 0.2) is 0 Å². The highest BCUT2D eigenvalue weighted by molar-refractivity contribution is 4.97. The standard InChI is InChI=1S/C14H24N2O/c15-10-14(12-6-5-9-17-11-12)16-13-7-3-1-2-4-8-13/h12-14,16H,1-9,11H2. The molecule has 0 aromatic rings. The van der Waals surface area contributed by atoms with Gasteiger partial charge < -0.3 is 4.74 Å². The molecule has 17 heavy (non-hydrogen) atoms. The van der Waals surface area contributed by atoms with Gasteiger partial charge in [-0.2, -0.15) is 5.26 Å². The van der Waals surface area contributed by atoms with Crippen molar-refractivity contribution >= 4 is 0 Å². The Hall–Kier alpha value is -0.590. The summed E-state index contributed by atoms with van der Waals surface area (Å²) >= 11 is 0. The van der Waals surface area contributed by atoms with Crippen molar-refractivity contribution in [2.24, 2.45) is 5.92 Å². The number of rotatable bonds is 3. The van der Waals surface area contributed by atoms with Crippen LogP contribution in [-0.4, -0.2) is 25.3 Å². The second-order valence-electron chi connectivity index (χ2n) is 5.44. The second kappa shape index (κ2) is 6.98. The Balaban J connectivity index is 1.83. The zero-order valence-electron chi connectivity index (χ0n) is 10.7. The molecule has 1 N–H and O–H groups in total. The van der Waals surface area contributed by atoms with Crippen LogP contribution >= 0.6 is 0 Å². The van der Waals surface area contributed by atoms with Crippen LogP contribution in [-0.2, 0) is 4.74 Å². The molecule has 0 radical (unpaired) electrons. The molecule has 96 valence electrons. The number of nitrogens with one attached hydrogen (secondary N) is 1. The van der Waals surface area contributed by atoms with E-state index in [9.17, 15) is 5.26 Å². The Morgan fingerprint density at radius 1 is 1.06 bits per heavy atom. The van der Waals surface area contributed by atoms with Gasteiger partial charge in [0.1, 0.15) is 6.04 Å². The SMILES string of the molecule is N#CC(NC1CCCCCC1)C1CCCOC1. The first kappa shape index (κ1) is 12.9. The lowest BCUT2D eigenvalue weighted by atomic mass is 9.93. The van der Waals surface area contributed by atoms with Crippen LogP contribution in [0.2, 0.25) is 0 Å². The van der Waals surface area contributed by atoms with Gasteiger partial charge in [-0.25, -0.2) is 0 Å². The van der Waals surface area contributed by atoms with Gasteiger partial charge in [0.25, 0.3) is 0 Å². The minimum absolute atomic E-state index is 0.00148. The predicted molar refractivity (Wildman–Crippen MR) is 67.6 cm³/mol. The molecule has 2 unspecified atom stereocenters. The van der Waals surface area contributed by atoms with Crippen LogP contribution in [0.5, 0.6) is 0 Å². The van der Waals surface area contributed by atoms with E-state index in [1.807, 2.05) is 0 Å². The maximum Gasteiger partial charge on any atom is 0.101 e. The summed E-state index contributed by atoms with van der Waals surface area (Å²) in [6, 6.07) is 3.01. The molecule has 0 aromatic heterocycles. The van der Waals surface area contributed by atoms with E-state index in [-0.39, 0.29) is 6.04 Å². The molecule has 1 saturated carbocycles. The lowest BCUT2D eigenvalue weighted by Crippen LogP contribution is -2.44. The molecule has 3 nitrogen and oxygen atoms in total. The Morgan fingerprint density at radius 3 is 2.41 bits per heavy atom. The van der Waals surface area contributed by atoms with Crippen molar-refractivity contribution in [1.82, 2.24) is 5.32 Å². The van der Waals surface area contributed by atoms with Crippen molar-refractivity contribution in [3.8, 4) is 6.07 Å². The third kappa shape index (κ3) is 3.97. The van der Waals surface area contributed by atoms with Gasteiger partial charge in [-0.3, -0.25) is 5.32 Å². The monoisotopic (exact) mass is 236 g/mol. The van der Waals surface area contributed by atoms with Crippen LogP contribution < -0.4 is 5.32 Å². The van der Waals surface area contributed by atoms with E-state index < -0.39 is 0 Å². The summed E-state index contributed by atoms with van der Waals surface area (Å²) in [5.41, 5.74) is 0. The van der Waals surface area contributed by atoms with Crippen LogP contribution in [0.4, 0.5) is 0 Å². The first-order valence-corrected chi connectivity index (χ1v) is 7.13.